The van der Waals surface area contributed by atoms with E-state index in [1.54, 1.807) is 0 Å². The number of benzene rings is 12. The predicted octanol–water partition coefficient (Wildman–Crippen LogP) is 18.2. The van der Waals surface area contributed by atoms with Gasteiger partial charge in [0.2, 0.25) is 0 Å². The van der Waals surface area contributed by atoms with Gasteiger partial charge in [-0.25, -0.2) is 0 Å². The van der Waals surface area contributed by atoms with Crippen LogP contribution in [0.1, 0.15) is 25.0 Å². The maximum absolute atomic E-state index is 7.00. The lowest BCUT2D eigenvalue weighted by atomic mass is 9.80. The van der Waals surface area contributed by atoms with Crippen molar-refractivity contribution in [2.75, 3.05) is 7.11 Å². The maximum Gasteiger partial charge on any atom is 0.0319 e. The minimum Gasteiger partial charge on any atom is -0.400 e. The Morgan fingerprint density at radius 1 is 0.232 bits per heavy atom. The quantitative estimate of drug-likeness (QED) is 0.165. The molecule has 0 unspecified atom stereocenters. The number of aliphatic hydroxyl groups excluding tert-OH is 1. The highest BCUT2D eigenvalue weighted by molar-refractivity contribution is 6.23. The van der Waals surface area contributed by atoms with Crippen LogP contribution in [0.15, 0.2) is 243 Å². The van der Waals surface area contributed by atoms with E-state index in [-0.39, 0.29) is 5.41 Å². The average molecular weight is 883 g/mol. The molecule has 1 heteroatoms. The Hall–Kier alpha value is -8.36. The first kappa shape index (κ1) is 42.0. The molecule has 69 heavy (non-hydrogen) atoms. The van der Waals surface area contributed by atoms with Crippen LogP contribution in [0.4, 0.5) is 0 Å². The molecule has 0 fully saturated rings. The second-order valence-corrected chi connectivity index (χ2v) is 18.7. The fourth-order valence-electron chi connectivity index (χ4n) is 11.5. The molecule has 1 aliphatic rings. The largest absolute Gasteiger partial charge is 0.400 e. The molecule has 0 saturated heterocycles. The smallest absolute Gasteiger partial charge is 0.0319 e. The molecule has 1 nitrogen and oxygen atoms in total. The van der Waals surface area contributed by atoms with Crippen molar-refractivity contribution >= 4 is 43.1 Å². The first-order valence-electron chi connectivity index (χ1n) is 23.9. The van der Waals surface area contributed by atoms with E-state index < -0.39 is 0 Å². The summed E-state index contributed by atoms with van der Waals surface area (Å²) in [5, 5.41) is 17.2. The molecule has 12 aromatic carbocycles. The van der Waals surface area contributed by atoms with Gasteiger partial charge in [-0.1, -0.05) is 232 Å². The first-order chi connectivity index (χ1) is 34.0. The summed E-state index contributed by atoms with van der Waals surface area (Å²) in [6.07, 6.45) is 0. The van der Waals surface area contributed by atoms with Crippen molar-refractivity contribution in [3.05, 3.63) is 254 Å². The van der Waals surface area contributed by atoms with Gasteiger partial charge in [0.15, 0.2) is 0 Å². The maximum atomic E-state index is 7.00. The normalized spacial score (nSPS) is 12.5. The molecular weight excluding hydrogens is 833 g/mol. The Morgan fingerprint density at radius 3 is 0.797 bits per heavy atom. The van der Waals surface area contributed by atoms with Crippen LogP contribution in [0.3, 0.4) is 0 Å². The van der Waals surface area contributed by atoms with Crippen LogP contribution >= 0.6 is 0 Å². The third-order valence-electron chi connectivity index (χ3n) is 14.6. The number of fused-ring (bicyclic) bond motifs is 7. The second-order valence-electron chi connectivity index (χ2n) is 18.7. The number of hydrogen-bond acceptors (Lipinski definition) is 1. The Labute approximate surface area is 404 Å². The molecule has 0 spiro atoms. The molecule has 0 radical (unpaired) electrons. The number of rotatable bonds is 6. The van der Waals surface area contributed by atoms with Crippen LogP contribution in [0.2, 0.25) is 0 Å². The second kappa shape index (κ2) is 17.1. The standard InChI is InChI=1S/C67H46.CH4O/c1-67(2)61-41-47(45-23-17-25-49(39-45)65-57-31-13-9-27-53(57)63(43-19-5-3-6-20-43)54-28-10-14-32-58(54)65)35-37-51(61)52-38-36-48(42-62(52)67)46-24-18-26-50(40-46)66-59-33-15-11-29-55(59)64(44-21-7-4-8-22-44)56-30-12-16-34-60(56)66;1-2/h3-42H,1-2H3;2H,1H3. The molecule has 0 atom stereocenters. The van der Waals surface area contributed by atoms with Crippen LogP contribution in [0.5, 0.6) is 0 Å². The molecule has 1 N–H and O–H groups in total. The van der Waals surface area contributed by atoms with Gasteiger partial charge in [-0.15, -0.1) is 0 Å². The van der Waals surface area contributed by atoms with Crippen LogP contribution in [0, 0.1) is 0 Å². The van der Waals surface area contributed by atoms with Crippen LogP contribution in [0.25, 0.3) is 121 Å². The lowest BCUT2D eigenvalue weighted by molar-refractivity contribution is 0.399. The van der Waals surface area contributed by atoms with E-state index in [0.29, 0.717) is 0 Å². The van der Waals surface area contributed by atoms with Crippen molar-refractivity contribution in [3.8, 4) is 77.9 Å². The molecule has 0 bridgehead atoms. The fourth-order valence-corrected chi connectivity index (χ4v) is 11.5. The van der Waals surface area contributed by atoms with Gasteiger partial charge in [0, 0.05) is 12.5 Å². The van der Waals surface area contributed by atoms with Crippen molar-refractivity contribution in [2.45, 2.75) is 19.3 Å². The summed E-state index contributed by atoms with van der Waals surface area (Å²) in [6, 6.07) is 90.1. The lowest BCUT2D eigenvalue weighted by Crippen LogP contribution is -2.15. The van der Waals surface area contributed by atoms with Crippen molar-refractivity contribution in [3.63, 3.8) is 0 Å². The van der Waals surface area contributed by atoms with Crippen molar-refractivity contribution in [1.29, 1.82) is 0 Å². The number of hydrogen-bond donors (Lipinski definition) is 1. The minimum absolute atomic E-state index is 0.189. The van der Waals surface area contributed by atoms with Gasteiger partial charge in [0.1, 0.15) is 0 Å². The molecule has 0 aromatic heterocycles. The van der Waals surface area contributed by atoms with Gasteiger partial charge >= 0.3 is 0 Å². The molecule has 0 heterocycles. The van der Waals surface area contributed by atoms with Crippen LogP contribution in [-0.4, -0.2) is 12.2 Å². The highest BCUT2D eigenvalue weighted by Gasteiger charge is 2.36. The Balaban J connectivity index is 0.00000243. The minimum atomic E-state index is -0.189. The average Bonchev–Trinajstić information content (AvgIpc) is 3.64. The number of aliphatic hydroxyl groups is 1. The molecule has 12 aromatic rings. The Bertz CT molecular complexity index is 3560. The fraction of sp³-hybridized carbons (Fsp3) is 0.0588. The van der Waals surface area contributed by atoms with E-state index in [1.165, 1.54) is 132 Å². The monoisotopic (exact) mass is 882 g/mol. The lowest BCUT2D eigenvalue weighted by Gasteiger charge is -2.23. The van der Waals surface area contributed by atoms with E-state index in [9.17, 15) is 0 Å². The summed E-state index contributed by atoms with van der Waals surface area (Å²) >= 11 is 0. The highest BCUT2D eigenvalue weighted by atomic mass is 16.2. The Morgan fingerprint density at radius 2 is 0.478 bits per heavy atom. The summed E-state index contributed by atoms with van der Waals surface area (Å²) in [5.74, 6) is 0. The van der Waals surface area contributed by atoms with Crippen molar-refractivity contribution in [2.24, 2.45) is 0 Å². The molecule has 13 rings (SSSR count). The van der Waals surface area contributed by atoms with E-state index in [4.69, 9.17) is 5.11 Å². The third kappa shape index (κ3) is 6.89. The van der Waals surface area contributed by atoms with E-state index in [1.807, 2.05) is 0 Å². The summed E-state index contributed by atoms with van der Waals surface area (Å²) in [5.41, 5.74) is 20.2. The molecular formula is C68H50O. The summed E-state index contributed by atoms with van der Waals surface area (Å²) < 4.78 is 0. The van der Waals surface area contributed by atoms with E-state index in [2.05, 4.69) is 257 Å². The topological polar surface area (TPSA) is 20.2 Å². The van der Waals surface area contributed by atoms with Crippen LogP contribution in [-0.2, 0) is 5.41 Å². The van der Waals surface area contributed by atoms with E-state index >= 15 is 0 Å². The molecule has 328 valence electrons. The molecule has 0 amide bonds. The third-order valence-corrected chi connectivity index (χ3v) is 14.6. The van der Waals surface area contributed by atoms with Crippen molar-refractivity contribution in [1.82, 2.24) is 0 Å². The predicted molar refractivity (Wildman–Crippen MR) is 295 cm³/mol. The summed E-state index contributed by atoms with van der Waals surface area (Å²) in [7, 11) is 1.00. The van der Waals surface area contributed by atoms with Gasteiger partial charge < -0.3 is 5.11 Å². The zero-order valence-electron chi connectivity index (χ0n) is 39.0. The van der Waals surface area contributed by atoms with Gasteiger partial charge in [-0.05, 0) is 156 Å². The molecule has 0 saturated carbocycles. The highest BCUT2D eigenvalue weighted by Crippen LogP contribution is 2.52. The SMILES string of the molecule is CC1(C)c2cc(-c3cccc(-c4c5ccccc5c(-c5ccccc5)c5ccccc45)c3)ccc2-c2ccc(-c3cccc(-c4c5ccccc5c(-c5ccccc5)c5ccccc45)c3)cc21.CO. The summed E-state index contributed by atoms with van der Waals surface area (Å²) in [4.78, 5) is 0. The Kier molecular flexibility index (Phi) is 10.4. The van der Waals surface area contributed by atoms with Gasteiger partial charge in [0.05, 0.1) is 0 Å². The zero-order chi connectivity index (χ0) is 46.6. The summed E-state index contributed by atoms with van der Waals surface area (Å²) in [6.45, 7) is 4.80. The van der Waals surface area contributed by atoms with Crippen molar-refractivity contribution < 1.29 is 5.11 Å². The first-order valence-corrected chi connectivity index (χ1v) is 23.9. The van der Waals surface area contributed by atoms with Gasteiger partial charge in [-0.3, -0.25) is 0 Å². The van der Waals surface area contributed by atoms with Gasteiger partial charge in [0.25, 0.3) is 0 Å². The van der Waals surface area contributed by atoms with Gasteiger partial charge in [-0.2, -0.15) is 0 Å². The molecule has 0 aliphatic heterocycles. The zero-order valence-corrected chi connectivity index (χ0v) is 39.0. The van der Waals surface area contributed by atoms with Crippen LogP contribution < -0.4 is 0 Å². The van der Waals surface area contributed by atoms with E-state index in [0.717, 1.165) is 7.11 Å². The molecule has 1 aliphatic carbocycles.